The van der Waals surface area contributed by atoms with E-state index in [9.17, 15) is 18.0 Å². The van der Waals surface area contributed by atoms with Gasteiger partial charge in [-0.2, -0.15) is 13.2 Å². The van der Waals surface area contributed by atoms with Gasteiger partial charge in [0.25, 0.3) is 0 Å². The molecule has 2 heterocycles. The number of fused-ring (bicyclic) bond motifs is 1. The first-order valence-electron chi connectivity index (χ1n) is 9.77. The fourth-order valence-corrected chi connectivity index (χ4v) is 3.91. The van der Waals surface area contributed by atoms with Gasteiger partial charge in [-0.1, -0.05) is 12.1 Å². The van der Waals surface area contributed by atoms with Crippen LogP contribution in [0.2, 0.25) is 0 Å². The van der Waals surface area contributed by atoms with Crippen LogP contribution in [0.1, 0.15) is 5.56 Å². The van der Waals surface area contributed by atoms with E-state index in [1.54, 1.807) is 17.7 Å². The van der Waals surface area contributed by atoms with E-state index in [-0.39, 0.29) is 5.69 Å². The first-order chi connectivity index (χ1) is 14.4. The Hall–Kier alpha value is -2.94. The van der Waals surface area contributed by atoms with Gasteiger partial charge in [0.05, 0.1) is 18.2 Å². The maximum absolute atomic E-state index is 13.0. The molecule has 4 rings (SSSR count). The molecule has 1 aliphatic heterocycles. The molecule has 9 heteroatoms. The van der Waals surface area contributed by atoms with Gasteiger partial charge in [-0.05, 0) is 30.3 Å². The number of aromatic nitrogens is 2. The number of alkyl halides is 3. The number of imidazole rings is 1. The van der Waals surface area contributed by atoms with Crippen molar-refractivity contribution in [1.29, 1.82) is 0 Å². The van der Waals surface area contributed by atoms with Gasteiger partial charge in [0.2, 0.25) is 0 Å². The zero-order chi connectivity index (χ0) is 21.3. The molecule has 1 aromatic heterocycles. The number of halogens is 3. The highest BCUT2D eigenvalue weighted by Crippen LogP contribution is 2.32. The molecule has 160 valence electrons. The number of hydrogen-bond acceptors (Lipinski definition) is 4. The fourth-order valence-electron chi connectivity index (χ4n) is 3.91. The Labute approximate surface area is 171 Å². The van der Waals surface area contributed by atoms with Crippen LogP contribution in [0.3, 0.4) is 0 Å². The number of rotatable bonds is 5. The van der Waals surface area contributed by atoms with Crippen LogP contribution in [0.15, 0.2) is 47.3 Å². The molecule has 1 N–H and O–H groups in total. The lowest BCUT2D eigenvalue weighted by Gasteiger charge is -2.36. The van der Waals surface area contributed by atoms with Crippen molar-refractivity contribution in [2.45, 2.75) is 12.7 Å². The Kier molecular flexibility index (Phi) is 5.46. The second kappa shape index (κ2) is 8.06. The monoisotopic (exact) mass is 420 g/mol. The molecule has 0 aliphatic carbocycles. The molecule has 3 aromatic rings. The largest absolute Gasteiger partial charge is 0.494 e. The average molecular weight is 420 g/mol. The minimum Gasteiger partial charge on any atom is -0.494 e. The molecule has 0 amide bonds. The van der Waals surface area contributed by atoms with E-state index in [2.05, 4.69) is 9.88 Å². The van der Waals surface area contributed by atoms with E-state index >= 15 is 0 Å². The third-order valence-electron chi connectivity index (χ3n) is 5.53. The number of hydrogen-bond donors (Lipinski definition) is 1. The number of anilines is 1. The normalized spacial score (nSPS) is 15.7. The SMILES string of the molecule is COc1cccc2[nH]c(=O)n(CCN3CCN(c4cccc(C(F)(F)F)c4)CC3)c12. The molecule has 1 saturated heterocycles. The first-order valence-corrected chi connectivity index (χ1v) is 9.77. The number of piperazine rings is 1. The van der Waals surface area contributed by atoms with Crippen LogP contribution in [-0.4, -0.2) is 54.3 Å². The summed E-state index contributed by atoms with van der Waals surface area (Å²) in [6, 6.07) is 10.9. The van der Waals surface area contributed by atoms with Crippen molar-refractivity contribution >= 4 is 16.7 Å². The van der Waals surface area contributed by atoms with E-state index in [1.165, 1.54) is 12.1 Å². The Bertz CT molecular complexity index is 1080. The molecule has 1 fully saturated rings. The van der Waals surface area contributed by atoms with Crippen molar-refractivity contribution in [3.05, 3.63) is 58.5 Å². The molecular weight excluding hydrogens is 397 g/mol. The summed E-state index contributed by atoms with van der Waals surface area (Å²) in [4.78, 5) is 19.4. The van der Waals surface area contributed by atoms with Crippen LogP contribution < -0.4 is 15.3 Å². The van der Waals surface area contributed by atoms with E-state index in [1.807, 2.05) is 23.1 Å². The van der Waals surface area contributed by atoms with Crippen LogP contribution in [0, 0.1) is 0 Å². The molecule has 0 spiro atoms. The van der Waals surface area contributed by atoms with Crippen molar-refractivity contribution in [1.82, 2.24) is 14.5 Å². The number of methoxy groups -OCH3 is 1. The number of ether oxygens (including phenoxy) is 1. The van der Waals surface area contributed by atoms with Crippen molar-refractivity contribution < 1.29 is 17.9 Å². The highest BCUT2D eigenvalue weighted by Gasteiger charge is 2.31. The predicted molar refractivity (Wildman–Crippen MR) is 109 cm³/mol. The summed E-state index contributed by atoms with van der Waals surface area (Å²) in [5, 5.41) is 0. The number of H-pyrrole nitrogens is 1. The molecule has 30 heavy (non-hydrogen) atoms. The third-order valence-corrected chi connectivity index (χ3v) is 5.53. The van der Waals surface area contributed by atoms with Gasteiger partial charge in [-0.15, -0.1) is 0 Å². The van der Waals surface area contributed by atoms with Gasteiger partial charge in [0, 0.05) is 45.0 Å². The number of nitrogens with zero attached hydrogens (tertiary/aromatic N) is 3. The number of aromatic amines is 1. The Morgan fingerprint density at radius 1 is 1.03 bits per heavy atom. The quantitative estimate of drug-likeness (QED) is 0.689. The highest BCUT2D eigenvalue weighted by atomic mass is 19.4. The standard InChI is InChI=1S/C21H23F3N4O2/c1-30-18-7-3-6-17-19(18)28(20(29)25-17)13-10-26-8-11-27(12-9-26)16-5-2-4-15(14-16)21(22,23)24/h2-7,14H,8-13H2,1H3,(H,25,29). The number of para-hydroxylation sites is 1. The van der Waals surface area contributed by atoms with Crippen molar-refractivity contribution in [2.75, 3.05) is 44.7 Å². The van der Waals surface area contributed by atoms with Crippen LogP contribution >= 0.6 is 0 Å². The van der Waals surface area contributed by atoms with Crippen molar-refractivity contribution in [3.63, 3.8) is 0 Å². The molecule has 1 aliphatic rings. The molecule has 6 nitrogen and oxygen atoms in total. The maximum atomic E-state index is 13.0. The molecule has 0 unspecified atom stereocenters. The molecular formula is C21H23F3N4O2. The van der Waals surface area contributed by atoms with E-state index in [4.69, 9.17) is 4.74 Å². The average Bonchev–Trinajstić information content (AvgIpc) is 3.07. The van der Waals surface area contributed by atoms with Crippen LogP contribution in [0.25, 0.3) is 11.0 Å². The lowest BCUT2D eigenvalue weighted by molar-refractivity contribution is -0.137. The minimum atomic E-state index is -4.34. The zero-order valence-electron chi connectivity index (χ0n) is 16.6. The third kappa shape index (κ3) is 4.02. The van der Waals surface area contributed by atoms with Crippen molar-refractivity contribution in [3.8, 4) is 5.75 Å². The van der Waals surface area contributed by atoms with Gasteiger partial charge < -0.3 is 14.6 Å². The second-order valence-electron chi connectivity index (χ2n) is 7.32. The summed E-state index contributed by atoms with van der Waals surface area (Å²) < 4.78 is 46.0. The topological polar surface area (TPSA) is 53.5 Å². The van der Waals surface area contributed by atoms with Gasteiger partial charge in [0.15, 0.2) is 0 Å². The smallest absolute Gasteiger partial charge is 0.416 e. The van der Waals surface area contributed by atoms with Crippen LogP contribution in [0.4, 0.5) is 18.9 Å². The van der Waals surface area contributed by atoms with Gasteiger partial charge in [-0.25, -0.2) is 4.79 Å². The lowest BCUT2D eigenvalue weighted by atomic mass is 10.1. The predicted octanol–water partition coefficient (Wildman–Crippen LogP) is 3.18. The first kappa shape index (κ1) is 20.3. The summed E-state index contributed by atoms with van der Waals surface area (Å²) in [5.74, 6) is 0.639. The highest BCUT2D eigenvalue weighted by molar-refractivity contribution is 5.81. The fraction of sp³-hybridized carbons (Fsp3) is 0.381. The summed E-state index contributed by atoms with van der Waals surface area (Å²) >= 11 is 0. The maximum Gasteiger partial charge on any atom is 0.416 e. The second-order valence-corrected chi connectivity index (χ2v) is 7.32. The Morgan fingerprint density at radius 2 is 1.77 bits per heavy atom. The summed E-state index contributed by atoms with van der Waals surface area (Å²) in [7, 11) is 1.57. The number of benzene rings is 2. The molecule has 2 aromatic carbocycles. The van der Waals surface area contributed by atoms with Crippen LogP contribution in [-0.2, 0) is 12.7 Å². The lowest BCUT2D eigenvalue weighted by Crippen LogP contribution is -2.47. The summed E-state index contributed by atoms with van der Waals surface area (Å²) in [5.41, 5.74) is 1.25. The molecule has 0 radical (unpaired) electrons. The summed E-state index contributed by atoms with van der Waals surface area (Å²) in [6.07, 6.45) is -4.34. The van der Waals surface area contributed by atoms with Crippen LogP contribution in [0.5, 0.6) is 5.75 Å². The van der Waals surface area contributed by atoms with E-state index in [0.717, 1.165) is 17.1 Å². The van der Waals surface area contributed by atoms with Gasteiger partial charge in [0.1, 0.15) is 11.3 Å². The number of nitrogens with one attached hydrogen (secondary N) is 1. The molecule has 0 atom stereocenters. The van der Waals surface area contributed by atoms with E-state index < -0.39 is 11.7 Å². The van der Waals surface area contributed by atoms with Gasteiger partial charge in [-0.3, -0.25) is 9.47 Å². The minimum absolute atomic E-state index is 0.183. The Morgan fingerprint density at radius 3 is 2.47 bits per heavy atom. The van der Waals surface area contributed by atoms with Crippen molar-refractivity contribution in [2.24, 2.45) is 0 Å². The zero-order valence-corrected chi connectivity index (χ0v) is 16.6. The Balaban J connectivity index is 1.40. The van der Waals surface area contributed by atoms with Gasteiger partial charge >= 0.3 is 11.9 Å². The van der Waals surface area contributed by atoms with E-state index in [0.29, 0.717) is 50.7 Å². The molecule has 0 bridgehead atoms. The summed E-state index contributed by atoms with van der Waals surface area (Å²) in [6.45, 7) is 3.86. The molecule has 0 saturated carbocycles.